The van der Waals surface area contributed by atoms with Crippen molar-refractivity contribution in [2.24, 2.45) is 11.8 Å². The molecule has 0 aromatic rings. The molecule has 84 valence electrons. The van der Waals surface area contributed by atoms with E-state index in [0.29, 0.717) is 0 Å². The molecule has 0 amide bonds. The standard InChI is InChI=1S/C12H26N2/c1-11-6-4-7-12(11)10-13-8-5-9-14(2)3/h11-13H,4-10H2,1-3H3. The van der Waals surface area contributed by atoms with Gasteiger partial charge in [0.25, 0.3) is 0 Å². The molecule has 0 heterocycles. The highest BCUT2D eigenvalue weighted by Gasteiger charge is 2.22. The minimum Gasteiger partial charge on any atom is -0.316 e. The first-order chi connectivity index (χ1) is 6.70. The normalized spacial score (nSPS) is 27.4. The quantitative estimate of drug-likeness (QED) is 0.656. The van der Waals surface area contributed by atoms with E-state index < -0.39 is 0 Å². The number of nitrogens with zero attached hydrogens (tertiary/aromatic N) is 1. The van der Waals surface area contributed by atoms with E-state index in [1.54, 1.807) is 0 Å². The van der Waals surface area contributed by atoms with Crippen molar-refractivity contribution in [1.82, 2.24) is 10.2 Å². The lowest BCUT2D eigenvalue weighted by atomic mass is 9.98. The van der Waals surface area contributed by atoms with Crippen molar-refractivity contribution < 1.29 is 0 Å². The molecule has 1 aliphatic rings. The summed E-state index contributed by atoms with van der Waals surface area (Å²) < 4.78 is 0. The van der Waals surface area contributed by atoms with Gasteiger partial charge in [0, 0.05) is 0 Å². The summed E-state index contributed by atoms with van der Waals surface area (Å²) >= 11 is 0. The molecule has 0 saturated heterocycles. The summed E-state index contributed by atoms with van der Waals surface area (Å²) in [7, 11) is 4.28. The molecule has 2 unspecified atom stereocenters. The minimum absolute atomic E-state index is 0.953. The largest absolute Gasteiger partial charge is 0.316 e. The number of nitrogens with one attached hydrogen (secondary N) is 1. The van der Waals surface area contributed by atoms with Gasteiger partial charge < -0.3 is 10.2 Å². The third-order valence-corrected chi connectivity index (χ3v) is 3.40. The van der Waals surface area contributed by atoms with Gasteiger partial charge in [-0.3, -0.25) is 0 Å². The summed E-state index contributed by atoms with van der Waals surface area (Å²) in [4.78, 5) is 2.25. The van der Waals surface area contributed by atoms with Gasteiger partial charge in [0.15, 0.2) is 0 Å². The molecule has 2 atom stereocenters. The molecule has 1 aliphatic carbocycles. The van der Waals surface area contributed by atoms with Gasteiger partial charge in [-0.05, 0) is 58.4 Å². The molecular formula is C12H26N2. The Morgan fingerprint density at radius 2 is 2.07 bits per heavy atom. The first kappa shape index (κ1) is 12.0. The summed E-state index contributed by atoms with van der Waals surface area (Å²) in [5, 5.41) is 3.59. The fraction of sp³-hybridized carbons (Fsp3) is 1.00. The van der Waals surface area contributed by atoms with Crippen molar-refractivity contribution in [1.29, 1.82) is 0 Å². The van der Waals surface area contributed by atoms with Gasteiger partial charge in [-0.15, -0.1) is 0 Å². The summed E-state index contributed by atoms with van der Waals surface area (Å²) in [5.41, 5.74) is 0. The van der Waals surface area contributed by atoms with Gasteiger partial charge in [-0.25, -0.2) is 0 Å². The zero-order valence-electron chi connectivity index (χ0n) is 10.1. The third kappa shape index (κ3) is 4.43. The monoisotopic (exact) mass is 198 g/mol. The predicted molar refractivity (Wildman–Crippen MR) is 62.5 cm³/mol. The van der Waals surface area contributed by atoms with Crippen molar-refractivity contribution in [3.63, 3.8) is 0 Å². The molecule has 0 bridgehead atoms. The molecule has 0 spiro atoms. The average Bonchev–Trinajstić information content (AvgIpc) is 2.51. The van der Waals surface area contributed by atoms with E-state index in [2.05, 4.69) is 31.2 Å². The summed E-state index contributed by atoms with van der Waals surface area (Å²) in [6.07, 6.45) is 5.62. The van der Waals surface area contributed by atoms with Gasteiger partial charge in [0.1, 0.15) is 0 Å². The zero-order chi connectivity index (χ0) is 10.4. The molecule has 0 aromatic heterocycles. The predicted octanol–water partition coefficient (Wildman–Crippen LogP) is 1.96. The maximum atomic E-state index is 3.59. The van der Waals surface area contributed by atoms with Crippen LogP contribution in [-0.4, -0.2) is 38.6 Å². The molecule has 2 heteroatoms. The van der Waals surface area contributed by atoms with Crippen molar-refractivity contribution in [2.75, 3.05) is 33.7 Å². The fourth-order valence-corrected chi connectivity index (χ4v) is 2.33. The molecule has 1 N–H and O–H groups in total. The molecule has 0 aliphatic heterocycles. The molecular weight excluding hydrogens is 172 g/mol. The molecule has 14 heavy (non-hydrogen) atoms. The number of hydrogen-bond acceptors (Lipinski definition) is 2. The zero-order valence-corrected chi connectivity index (χ0v) is 10.1. The van der Waals surface area contributed by atoms with Crippen LogP contribution in [0.2, 0.25) is 0 Å². The Balaban J connectivity index is 1.93. The van der Waals surface area contributed by atoms with Crippen LogP contribution >= 0.6 is 0 Å². The van der Waals surface area contributed by atoms with Crippen molar-refractivity contribution in [3.05, 3.63) is 0 Å². The maximum absolute atomic E-state index is 3.59. The molecule has 0 aromatic carbocycles. The Kier molecular flexibility index (Phi) is 5.49. The van der Waals surface area contributed by atoms with Crippen molar-refractivity contribution >= 4 is 0 Å². The van der Waals surface area contributed by atoms with E-state index in [-0.39, 0.29) is 0 Å². The Bertz CT molecular complexity index is 145. The van der Waals surface area contributed by atoms with Crippen LogP contribution in [0.15, 0.2) is 0 Å². The molecule has 1 rings (SSSR count). The van der Waals surface area contributed by atoms with Gasteiger partial charge in [0.05, 0.1) is 0 Å². The molecule has 1 saturated carbocycles. The molecule has 0 radical (unpaired) electrons. The van der Waals surface area contributed by atoms with E-state index in [1.165, 1.54) is 45.3 Å². The van der Waals surface area contributed by atoms with E-state index in [9.17, 15) is 0 Å². The Morgan fingerprint density at radius 1 is 1.29 bits per heavy atom. The number of hydrogen-bond donors (Lipinski definition) is 1. The van der Waals surface area contributed by atoms with Crippen molar-refractivity contribution in [2.45, 2.75) is 32.6 Å². The minimum atomic E-state index is 0.953. The van der Waals surface area contributed by atoms with Crippen LogP contribution in [-0.2, 0) is 0 Å². The average molecular weight is 198 g/mol. The summed E-state index contributed by atoms with van der Waals surface area (Å²) in [6.45, 7) is 6.03. The topological polar surface area (TPSA) is 15.3 Å². The first-order valence-electron chi connectivity index (χ1n) is 6.05. The molecule has 1 fully saturated rings. The fourth-order valence-electron chi connectivity index (χ4n) is 2.33. The highest BCUT2D eigenvalue weighted by molar-refractivity contribution is 4.75. The third-order valence-electron chi connectivity index (χ3n) is 3.40. The van der Waals surface area contributed by atoms with Gasteiger partial charge in [-0.1, -0.05) is 19.8 Å². The molecule has 2 nitrogen and oxygen atoms in total. The second kappa shape index (κ2) is 6.41. The van der Waals surface area contributed by atoms with Crippen LogP contribution in [0, 0.1) is 11.8 Å². The van der Waals surface area contributed by atoms with E-state index in [0.717, 1.165) is 11.8 Å². The van der Waals surface area contributed by atoms with E-state index in [1.807, 2.05) is 0 Å². The lowest BCUT2D eigenvalue weighted by Crippen LogP contribution is -2.27. The van der Waals surface area contributed by atoms with Crippen LogP contribution in [0.25, 0.3) is 0 Å². The Labute approximate surface area is 89.1 Å². The van der Waals surface area contributed by atoms with Crippen LogP contribution in [0.4, 0.5) is 0 Å². The smallest absolute Gasteiger partial charge is 0.00127 e. The lowest BCUT2D eigenvalue weighted by Gasteiger charge is -2.16. The number of rotatable bonds is 6. The SMILES string of the molecule is CC1CCCC1CNCCCN(C)C. The highest BCUT2D eigenvalue weighted by atomic mass is 15.1. The van der Waals surface area contributed by atoms with Crippen LogP contribution in [0.3, 0.4) is 0 Å². The maximum Gasteiger partial charge on any atom is -0.00127 e. The van der Waals surface area contributed by atoms with Crippen LogP contribution in [0.1, 0.15) is 32.6 Å². The van der Waals surface area contributed by atoms with Gasteiger partial charge >= 0.3 is 0 Å². The van der Waals surface area contributed by atoms with E-state index in [4.69, 9.17) is 0 Å². The van der Waals surface area contributed by atoms with Crippen LogP contribution in [0.5, 0.6) is 0 Å². The van der Waals surface area contributed by atoms with Gasteiger partial charge in [-0.2, -0.15) is 0 Å². The highest BCUT2D eigenvalue weighted by Crippen LogP contribution is 2.30. The van der Waals surface area contributed by atoms with Crippen molar-refractivity contribution in [3.8, 4) is 0 Å². The van der Waals surface area contributed by atoms with E-state index >= 15 is 0 Å². The lowest BCUT2D eigenvalue weighted by molar-refractivity contribution is 0.368. The second-order valence-corrected chi connectivity index (χ2v) is 5.03. The first-order valence-corrected chi connectivity index (χ1v) is 6.05. The summed E-state index contributed by atoms with van der Waals surface area (Å²) in [5.74, 6) is 1.91. The summed E-state index contributed by atoms with van der Waals surface area (Å²) in [6, 6.07) is 0. The van der Waals surface area contributed by atoms with Crippen LogP contribution < -0.4 is 5.32 Å². The Morgan fingerprint density at radius 3 is 2.64 bits per heavy atom. The Hall–Kier alpha value is -0.0800. The second-order valence-electron chi connectivity index (χ2n) is 5.03. The van der Waals surface area contributed by atoms with Gasteiger partial charge in [0.2, 0.25) is 0 Å².